The fourth-order valence-corrected chi connectivity index (χ4v) is 2.35. The molecular weight excluding hydrogens is 170 g/mol. The normalized spacial score (nSPS) is 26.8. The predicted molar refractivity (Wildman–Crippen MR) is 59.5 cm³/mol. The number of hydrogen-bond acceptors (Lipinski definition) is 1. The predicted octanol–water partition coefficient (Wildman–Crippen LogP) is 3.60. The highest BCUT2D eigenvalue weighted by molar-refractivity contribution is 5.22. The molecule has 0 bridgehead atoms. The Balaban J connectivity index is 2.20. The van der Waals surface area contributed by atoms with E-state index in [4.69, 9.17) is 0 Å². The van der Waals surface area contributed by atoms with Gasteiger partial charge in [-0.1, -0.05) is 19.4 Å². The molecule has 76 valence electrons. The second-order valence-electron chi connectivity index (χ2n) is 4.75. The molecule has 2 unspecified atom stereocenters. The number of aromatic nitrogens is 1. The SMILES string of the molecule is Cc1ccc(C2CCC(C)C2)nc1C. The lowest BCUT2D eigenvalue weighted by atomic mass is 10.0. The molecule has 0 aliphatic heterocycles. The Labute approximate surface area is 86.6 Å². The average molecular weight is 189 g/mol. The molecule has 1 heterocycles. The van der Waals surface area contributed by atoms with Gasteiger partial charge in [0.05, 0.1) is 0 Å². The van der Waals surface area contributed by atoms with Gasteiger partial charge in [-0.25, -0.2) is 0 Å². The molecule has 1 saturated carbocycles. The van der Waals surface area contributed by atoms with Crippen molar-refractivity contribution in [3.05, 3.63) is 29.1 Å². The van der Waals surface area contributed by atoms with Crippen molar-refractivity contribution in [1.82, 2.24) is 4.98 Å². The summed E-state index contributed by atoms with van der Waals surface area (Å²) in [6, 6.07) is 4.42. The lowest BCUT2D eigenvalue weighted by Crippen LogP contribution is -1.99. The van der Waals surface area contributed by atoms with Gasteiger partial charge in [0.2, 0.25) is 0 Å². The minimum Gasteiger partial charge on any atom is -0.258 e. The first-order valence-corrected chi connectivity index (χ1v) is 5.61. The van der Waals surface area contributed by atoms with Crippen LogP contribution in [-0.2, 0) is 0 Å². The molecule has 0 spiro atoms. The quantitative estimate of drug-likeness (QED) is 0.657. The molecule has 0 saturated heterocycles. The van der Waals surface area contributed by atoms with Crippen LogP contribution in [0.2, 0.25) is 0 Å². The summed E-state index contributed by atoms with van der Waals surface area (Å²) in [4.78, 5) is 4.69. The van der Waals surface area contributed by atoms with Crippen LogP contribution >= 0.6 is 0 Å². The molecule has 1 aromatic heterocycles. The maximum Gasteiger partial charge on any atom is 0.0438 e. The van der Waals surface area contributed by atoms with Crippen LogP contribution in [0.1, 0.15) is 49.1 Å². The van der Waals surface area contributed by atoms with Crippen LogP contribution in [0.15, 0.2) is 12.1 Å². The van der Waals surface area contributed by atoms with E-state index in [2.05, 4.69) is 37.9 Å². The molecule has 2 rings (SSSR count). The third-order valence-corrected chi connectivity index (χ3v) is 3.48. The van der Waals surface area contributed by atoms with Crippen molar-refractivity contribution >= 4 is 0 Å². The Morgan fingerprint density at radius 1 is 1.21 bits per heavy atom. The van der Waals surface area contributed by atoms with Crippen molar-refractivity contribution in [2.75, 3.05) is 0 Å². The molecule has 1 nitrogen and oxygen atoms in total. The van der Waals surface area contributed by atoms with Gasteiger partial charge in [0, 0.05) is 17.3 Å². The Morgan fingerprint density at radius 3 is 2.57 bits per heavy atom. The van der Waals surface area contributed by atoms with Gasteiger partial charge in [0.15, 0.2) is 0 Å². The summed E-state index contributed by atoms with van der Waals surface area (Å²) in [5, 5.41) is 0. The summed E-state index contributed by atoms with van der Waals surface area (Å²) in [7, 11) is 0. The Kier molecular flexibility index (Phi) is 2.58. The number of nitrogens with zero attached hydrogens (tertiary/aromatic N) is 1. The fourth-order valence-electron chi connectivity index (χ4n) is 2.35. The zero-order valence-corrected chi connectivity index (χ0v) is 9.38. The van der Waals surface area contributed by atoms with E-state index in [1.54, 1.807) is 0 Å². The Morgan fingerprint density at radius 2 is 2.00 bits per heavy atom. The van der Waals surface area contributed by atoms with Gasteiger partial charge in [0.1, 0.15) is 0 Å². The highest BCUT2D eigenvalue weighted by Gasteiger charge is 2.23. The van der Waals surface area contributed by atoms with Gasteiger partial charge in [0.25, 0.3) is 0 Å². The minimum atomic E-state index is 0.726. The number of aryl methyl sites for hydroxylation is 2. The molecule has 2 atom stereocenters. The molecule has 1 aliphatic rings. The third-order valence-electron chi connectivity index (χ3n) is 3.48. The zero-order valence-electron chi connectivity index (χ0n) is 9.38. The topological polar surface area (TPSA) is 12.9 Å². The Hall–Kier alpha value is -0.850. The highest BCUT2D eigenvalue weighted by Crippen LogP contribution is 2.37. The van der Waals surface area contributed by atoms with Crippen LogP contribution in [0.25, 0.3) is 0 Å². The van der Waals surface area contributed by atoms with E-state index in [-0.39, 0.29) is 0 Å². The standard InChI is InChI=1S/C13H19N/c1-9-4-6-12(8-9)13-7-5-10(2)11(3)14-13/h5,7,9,12H,4,6,8H2,1-3H3. The van der Waals surface area contributed by atoms with E-state index >= 15 is 0 Å². The van der Waals surface area contributed by atoms with Gasteiger partial charge in [-0.15, -0.1) is 0 Å². The summed E-state index contributed by atoms with van der Waals surface area (Å²) < 4.78 is 0. The van der Waals surface area contributed by atoms with Crippen LogP contribution < -0.4 is 0 Å². The molecule has 1 aromatic rings. The minimum absolute atomic E-state index is 0.726. The molecule has 0 radical (unpaired) electrons. The number of hydrogen-bond donors (Lipinski definition) is 0. The monoisotopic (exact) mass is 189 g/mol. The van der Waals surface area contributed by atoms with Crippen molar-refractivity contribution in [3.63, 3.8) is 0 Å². The van der Waals surface area contributed by atoms with Gasteiger partial charge in [-0.3, -0.25) is 4.98 Å². The summed E-state index contributed by atoms with van der Waals surface area (Å²) in [6.45, 7) is 6.58. The molecule has 0 aromatic carbocycles. The lowest BCUT2D eigenvalue weighted by molar-refractivity contribution is 0.591. The molecule has 1 fully saturated rings. The van der Waals surface area contributed by atoms with Crippen molar-refractivity contribution in [2.45, 2.75) is 46.0 Å². The highest BCUT2D eigenvalue weighted by atomic mass is 14.7. The third kappa shape index (κ3) is 1.82. The summed E-state index contributed by atoms with van der Waals surface area (Å²) in [5.41, 5.74) is 3.82. The van der Waals surface area contributed by atoms with Crippen LogP contribution in [0.3, 0.4) is 0 Å². The van der Waals surface area contributed by atoms with E-state index in [0.717, 1.165) is 11.8 Å². The van der Waals surface area contributed by atoms with Crippen LogP contribution in [0.5, 0.6) is 0 Å². The zero-order chi connectivity index (χ0) is 10.1. The van der Waals surface area contributed by atoms with Crippen molar-refractivity contribution < 1.29 is 0 Å². The molecule has 1 aliphatic carbocycles. The fraction of sp³-hybridized carbons (Fsp3) is 0.615. The largest absolute Gasteiger partial charge is 0.258 e. The van der Waals surface area contributed by atoms with E-state index < -0.39 is 0 Å². The van der Waals surface area contributed by atoms with E-state index in [9.17, 15) is 0 Å². The summed E-state index contributed by atoms with van der Waals surface area (Å²) in [5.74, 6) is 1.62. The summed E-state index contributed by atoms with van der Waals surface area (Å²) >= 11 is 0. The molecule has 0 N–H and O–H groups in total. The van der Waals surface area contributed by atoms with E-state index in [1.165, 1.54) is 36.2 Å². The molecule has 0 amide bonds. The lowest BCUT2D eigenvalue weighted by Gasteiger charge is -2.10. The molecule has 1 heteroatoms. The number of rotatable bonds is 1. The summed E-state index contributed by atoms with van der Waals surface area (Å²) in [6.07, 6.45) is 4.03. The first-order valence-electron chi connectivity index (χ1n) is 5.61. The smallest absolute Gasteiger partial charge is 0.0438 e. The van der Waals surface area contributed by atoms with E-state index in [1.807, 2.05) is 0 Å². The van der Waals surface area contributed by atoms with Crippen molar-refractivity contribution in [3.8, 4) is 0 Å². The first kappa shape index (κ1) is 9.70. The van der Waals surface area contributed by atoms with Crippen LogP contribution in [-0.4, -0.2) is 4.98 Å². The van der Waals surface area contributed by atoms with Crippen LogP contribution in [0.4, 0.5) is 0 Å². The first-order chi connectivity index (χ1) is 6.66. The second-order valence-corrected chi connectivity index (χ2v) is 4.75. The van der Waals surface area contributed by atoms with Gasteiger partial charge in [-0.2, -0.15) is 0 Å². The number of pyridine rings is 1. The molecule has 14 heavy (non-hydrogen) atoms. The van der Waals surface area contributed by atoms with Gasteiger partial charge >= 0.3 is 0 Å². The van der Waals surface area contributed by atoms with E-state index in [0.29, 0.717) is 0 Å². The van der Waals surface area contributed by atoms with Gasteiger partial charge < -0.3 is 0 Å². The van der Waals surface area contributed by atoms with Gasteiger partial charge in [-0.05, 0) is 44.2 Å². The maximum atomic E-state index is 4.69. The second kappa shape index (κ2) is 3.72. The average Bonchev–Trinajstić information content (AvgIpc) is 2.57. The Bertz CT molecular complexity index is 330. The van der Waals surface area contributed by atoms with Crippen molar-refractivity contribution in [2.24, 2.45) is 5.92 Å². The maximum absolute atomic E-state index is 4.69. The molecular formula is C13H19N. The van der Waals surface area contributed by atoms with Crippen molar-refractivity contribution in [1.29, 1.82) is 0 Å². The van der Waals surface area contributed by atoms with Crippen LogP contribution in [0, 0.1) is 19.8 Å².